The number of pyridine rings is 1. The van der Waals surface area contributed by atoms with Crippen LogP contribution in [0.5, 0.6) is 5.88 Å². The lowest BCUT2D eigenvalue weighted by atomic mass is 10.3. The van der Waals surface area contributed by atoms with Crippen molar-refractivity contribution in [3.05, 3.63) is 23.6 Å². The Morgan fingerprint density at radius 1 is 1.64 bits per heavy atom. The molecular weight excluding hydrogens is 189 g/mol. The SMILES string of the molecule is CCOC(=O)c1cnc(OC)cc1F. The lowest BCUT2D eigenvalue weighted by Gasteiger charge is -2.03. The van der Waals surface area contributed by atoms with Crippen LogP contribution in [-0.4, -0.2) is 24.7 Å². The first-order valence-corrected chi connectivity index (χ1v) is 4.05. The summed E-state index contributed by atoms with van der Waals surface area (Å²) in [6, 6.07) is 1.03. The zero-order valence-electron chi connectivity index (χ0n) is 7.91. The summed E-state index contributed by atoms with van der Waals surface area (Å²) in [5.74, 6) is -1.30. The highest BCUT2D eigenvalue weighted by Crippen LogP contribution is 2.13. The molecular formula is C9H10FNO3. The minimum absolute atomic E-state index is 0.121. The van der Waals surface area contributed by atoms with Crippen LogP contribution in [0, 0.1) is 5.82 Å². The molecule has 1 rings (SSSR count). The fourth-order valence-electron chi connectivity index (χ4n) is 0.884. The van der Waals surface area contributed by atoms with Crippen LogP contribution in [0.25, 0.3) is 0 Å². The number of carbonyl (C=O) groups is 1. The van der Waals surface area contributed by atoms with Crippen LogP contribution in [0.15, 0.2) is 12.3 Å². The number of hydrogen-bond donors (Lipinski definition) is 0. The van der Waals surface area contributed by atoms with Crippen LogP contribution in [0.2, 0.25) is 0 Å². The fraction of sp³-hybridized carbons (Fsp3) is 0.333. The summed E-state index contributed by atoms with van der Waals surface area (Å²) in [4.78, 5) is 14.8. The van der Waals surface area contributed by atoms with Crippen molar-refractivity contribution < 1.29 is 18.7 Å². The van der Waals surface area contributed by atoms with E-state index in [4.69, 9.17) is 0 Å². The minimum atomic E-state index is -0.722. The van der Waals surface area contributed by atoms with Crippen LogP contribution in [0.4, 0.5) is 4.39 Å². The molecule has 4 nitrogen and oxygen atoms in total. The quantitative estimate of drug-likeness (QED) is 0.690. The highest BCUT2D eigenvalue weighted by molar-refractivity contribution is 5.89. The number of rotatable bonds is 3. The van der Waals surface area contributed by atoms with Gasteiger partial charge in [-0.25, -0.2) is 14.2 Å². The molecule has 1 aromatic heterocycles. The maximum absolute atomic E-state index is 13.2. The maximum Gasteiger partial charge on any atom is 0.342 e. The van der Waals surface area contributed by atoms with Gasteiger partial charge in [0.25, 0.3) is 0 Å². The Balaban J connectivity index is 2.94. The van der Waals surface area contributed by atoms with E-state index >= 15 is 0 Å². The molecule has 0 radical (unpaired) electrons. The molecule has 0 atom stereocenters. The summed E-state index contributed by atoms with van der Waals surface area (Å²) in [5, 5.41) is 0. The van der Waals surface area contributed by atoms with E-state index in [0.717, 1.165) is 12.3 Å². The van der Waals surface area contributed by atoms with E-state index in [9.17, 15) is 9.18 Å². The summed E-state index contributed by atoms with van der Waals surface area (Å²) in [5.41, 5.74) is -0.187. The van der Waals surface area contributed by atoms with Gasteiger partial charge < -0.3 is 9.47 Å². The Bertz CT molecular complexity index is 341. The molecule has 5 heteroatoms. The summed E-state index contributed by atoms with van der Waals surface area (Å²) >= 11 is 0. The van der Waals surface area contributed by atoms with Crippen molar-refractivity contribution in [3.63, 3.8) is 0 Å². The first kappa shape index (κ1) is 10.4. The smallest absolute Gasteiger partial charge is 0.342 e. The Hall–Kier alpha value is -1.65. The molecule has 0 spiro atoms. The Morgan fingerprint density at radius 2 is 2.36 bits per heavy atom. The van der Waals surface area contributed by atoms with Gasteiger partial charge in [-0.2, -0.15) is 0 Å². The van der Waals surface area contributed by atoms with Crippen LogP contribution in [0.1, 0.15) is 17.3 Å². The zero-order chi connectivity index (χ0) is 10.6. The van der Waals surface area contributed by atoms with Crippen LogP contribution in [-0.2, 0) is 4.74 Å². The van der Waals surface area contributed by atoms with Crippen molar-refractivity contribution in [2.75, 3.05) is 13.7 Å². The van der Waals surface area contributed by atoms with Gasteiger partial charge in [0.05, 0.1) is 13.7 Å². The number of halogens is 1. The molecule has 0 N–H and O–H groups in total. The zero-order valence-corrected chi connectivity index (χ0v) is 7.91. The number of carbonyl (C=O) groups excluding carboxylic acids is 1. The van der Waals surface area contributed by atoms with Gasteiger partial charge in [-0.1, -0.05) is 0 Å². The summed E-state index contributed by atoms with van der Waals surface area (Å²) in [6.45, 7) is 1.84. The van der Waals surface area contributed by atoms with Gasteiger partial charge in [-0.3, -0.25) is 0 Å². The second-order valence-electron chi connectivity index (χ2n) is 2.43. The van der Waals surface area contributed by atoms with E-state index in [2.05, 4.69) is 14.5 Å². The van der Waals surface area contributed by atoms with Crippen molar-refractivity contribution in [2.45, 2.75) is 6.92 Å². The molecule has 14 heavy (non-hydrogen) atoms. The number of methoxy groups -OCH3 is 1. The maximum atomic E-state index is 13.2. The summed E-state index contributed by atoms with van der Waals surface area (Å²) < 4.78 is 22.5. The minimum Gasteiger partial charge on any atom is -0.481 e. The molecule has 0 amide bonds. The Morgan fingerprint density at radius 3 is 2.86 bits per heavy atom. The standard InChI is InChI=1S/C9H10FNO3/c1-3-14-9(12)6-5-11-8(13-2)4-7(6)10/h4-5H,3H2,1-2H3. The number of nitrogens with zero attached hydrogens (tertiary/aromatic N) is 1. The number of ether oxygens (including phenoxy) is 2. The molecule has 0 saturated carbocycles. The van der Waals surface area contributed by atoms with Crippen molar-refractivity contribution in [2.24, 2.45) is 0 Å². The molecule has 0 saturated heterocycles. The fourth-order valence-corrected chi connectivity index (χ4v) is 0.884. The molecule has 0 aliphatic carbocycles. The van der Waals surface area contributed by atoms with Gasteiger partial charge in [0.15, 0.2) is 0 Å². The van der Waals surface area contributed by atoms with E-state index in [0.29, 0.717) is 0 Å². The van der Waals surface area contributed by atoms with Crippen molar-refractivity contribution in [3.8, 4) is 5.88 Å². The average Bonchev–Trinajstić information content (AvgIpc) is 2.17. The lowest BCUT2D eigenvalue weighted by Crippen LogP contribution is -2.08. The molecule has 1 heterocycles. The highest BCUT2D eigenvalue weighted by Gasteiger charge is 2.13. The molecule has 0 aliphatic heterocycles. The van der Waals surface area contributed by atoms with Crippen molar-refractivity contribution >= 4 is 5.97 Å². The van der Waals surface area contributed by atoms with Gasteiger partial charge in [0, 0.05) is 12.3 Å². The largest absolute Gasteiger partial charge is 0.481 e. The van der Waals surface area contributed by atoms with Crippen LogP contribution in [0.3, 0.4) is 0 Å². The van der Waals surface area contributed by atoms with Gasteiger partial charge in [0.2, 0.25) is 5.88 Å². The van der Waals surface area contributed by atoms with Crippen molar-refractivity contribution in [1.29, 1.82) is 0 Å². The molecule has 0 bridgehead atoms. The second kappa shape index (κ2) is 4.55. The monoisotopic (exact) mass is 199 g/mol. The van der Waals surface area contributed by atoms with Gasteiger partial charge >= 0.3 is 5.97 Å². The first-order valence-electron chi connectivity index (χ1n) is 4.05. The van der Waals surface area contributed by atoms with E-state index in [-0.39, 0.29) is 18.1 Å². The van der Waals surface area contributed by atoms with Crippen LogP contribution >= 0.6 is 0 Å². The van der Waals surface area contributed by atoms with E-state index in [1.807, 2.05) is 0 Å². The Kier molecular flexibility index (Phi) is 3.39. The third kappa shape index (κ3) is 2.18. The van der Waals surface area contributed by atoms with E-state index in [1.165, 1.54) is 7.11 Å². The Labute approximate surface area is 80.7 Å². The molecule has 0 unspecified atom stereocenters. The number of hydrogen-bond acceptors (Lipinski definition) is 4. The highest BCUT2D eigenvalue weighted by atomic mass is 19.1. The lowest BCUT2D eigenvalue weighted by molar-refractivity contribution is 0.0520. The van der Waals surface area contributed by atoms with Gasteiger partial charge in [-0.15, -0.1) is 0 Å². The topological polar surface area (TPSA) is 48.4 Å². The normalized spacial score (nSPS) is 9.64. The van der Waals surface area contributed by atoms with Gasteiger partial charge in [0.1, 0.15) is 11.4 Å². The number of aromatic nitrogens is 1. The predicted octanol–water partition coefficient (Wildman–Crippen LogP) is 1.41. The third-order valence-electron chi connectivity index (χ3n) is 1.53. The summed E-state index contributed by atoms with van der Waals surface area (Å²) in [6.07, 6.45) is 1.09. The van der Waals surface area contributed by atoms with E-state index < -0.39 is 11.8 Å². The van der Waals surface area contributed by atoms with Gasteiger partial charge in [-0.05, 0) is 6.92 Å². The predicted molar refractivity (Wildman–Crippen MR) is 46.7 cm³/mol. The molecule has 0 aromatic carbocycles. The van der Waals surface area contributed by atoms with Crippen LogP contribution < -0.4 is 4.74 Å². The average molecular weight is 199 g/mol. The molecule has 1 aromatic rings. The second-order valence-corrected chi connectivity index (χ2v) is 2.43. The van der Waals surface area contributed by atoms with Crippen molar-refractivity contribution in [1.82, 2.24) is 4.98 Å². The molecule has 76 valence electrons. The third-order valence-corrected chi connectivity index (χ3v) is 1.53. The van der Waals surface area contributed by atoms with E-state index in [1.54, 1.807) is 6.92 Å². The first-order chi connectivity index (χ1) is 6.69. The molecule has 0 fully saturated rings. The molecule has 0 aliphatic rings. The summed E-state index contributed by atoms with van der Waals surface area (Å²) in [7, 11) is 1.37. The number of esters is 1.